The summed E-state index contributed by atoms with van der Waals surface area (Å²) in [4.78, 5) is 38.1. The molecule has 19 nitrogen and oxygen atoms in total. The van der Waals surface area contributed by atoms with Crippen molar-refractivity contribution in [3.05, 3.63) is 169 Å². The van der Waals surface area contributed by atoms with Crippen LogP contribution in [-0.4, -0.2) is 92.5 Å². The molecular weight excluding hydrogens is 1070 g/mol. The molecule has 0 spiro atoms. The molecular formula is C67H89N19. The molecule has 452 valence electrons. The Morgan fingerprint density at radius 2 is 0.872 bits per heavy atom. The van der Waals surface area contributed by atoms with Gasteiger partial charge >= 0.3 is 0 Å². The third-order valence-electron chi connectivity index (χ3n) is 13.9. The van der Waals surface area contributed by atoms with E-state index in [9.17, 15) is 0 Å². The molecule has 0 aliphatic carbocycles. The van der Waals surface area contributed by atoms with Gasteiger partial charge in [-0.15, -0.1) is 0 Å². The third-order valence-corrected chi connectivity index (χ3v) is 13.9. The van der Waals surface area contributed by atoms with Crippen LogP contribution in [0.5, 0.6) is 0 Å². The van der Waals surface area contributed by atoms with Crippen LogP contribution in [0.1, 0.15) is 173 Å². The molecule has 0 radical (unpaired) electrons. The Morgan fingerprint density at radius 1 is 0.349 bits per heavy atom. The zero-order valence-electron chi connectivity index (χ0n) is 54.2. The fraction of sp³-hybridized carbons (Fsp3) is 0.403. The molecule has 0 unspecified atom stereocenters. The highest BCUT2D eigenvalue weighted by Gasteiger charge is 2.11. The summed E-state index contributed by atoms with van der Waals surface area (Å²) in [7, 11) is 0. The van der Waals surface area contributed by atoms with E-state index in [0.29, 0.717) is 42.3 Å². The number of hydrogen-bond acceptors (Lipinski definition) is 12. The van der Waals surface area contributed by atoms with Gasteiger partial charge in [-0.25, -0.2) is 54.2 Å². The van der Waals surface area contributed by atoms with Gasteiger partial charge in [-0.3, -0.25) is 4.68 Å². The minimum Gasteiger partial charge on any atom is -0.345 e. The van der Waals surface area contributed by atoms with Crippen molar-refractivity contribution in [1.29, 1.82) is 0 Å². The Balaban J connectivity index is 0.000000144. The maximum atomic E-state index is 4.42. The summed E-state index contributed by atoms with van der Waals surface area (Å²) in [5, 5.41) is 18.5. The maximum absolute atomic E-state index is 4.42. The topological polar surface area (TPSA) is 189 Å². The summed E-state index contributed by atoms with van der Waals surface area (Å²) in [5.41, 5.74) is 11.9. The number of imidazole rings is 1. The minimum atomic E-state index is 0.345. The third kappa shape index (κ3) is 16.5. The number of benzene rings is 1. The van der Waals surface area contributed by atoms with Crippen LogP contribution in [0.25, 0.3) is 66.2 Å². The highest BCUT2D eigenvalue weighted by atomic mass is 15.3. The molecule has 12 aromatic heterocycles. The summed E-state index contributed by atoms with van der Waals surface area (Å²) in [5.74, 6) is 1.61. The predicted molar refractivity (Wildman–Crippen MR) is 351 cm³/mol. The van der Waals surface area contributed by atoms with Crippen LogP contribution in [0.4, 0.5) is 0 Å². The van der Waals surface area contributed by atoms with Gasteiger partial charge in [0.1, 0.15) is 34.8 Å². The van der Waals surface area contributed by atoms with E-state index in [-0.39, 0.29) is 0 Å². The van der Waals surface area contributed by atoms with E-state index in [1.165, 1.54) is 33.0 Å². The Bertz CT molecular complexity index is 3940. The van der Waals surface area contributed by atoms with Crippen LogP contribution in [0, 0.1) is 41.5 Å². The van der Waals surface area contributed by atoms with Gasteiger partial charge in [-0.2, -0.15) is 15.3 Å². The average Bonchev–Trinajstić information content (AvgIpc) is 3.63. The van der Waals surface area contributed by atoms with Gasteiger partial charge < -0.3 is 18.3 Å². The first-order chi connectivity index (χ1) is 40.9. The first-order valence-electron chi connectivity index (χ1n) is 29.8. The van der Waals surface area contributed by atoms with Crippen molar-refractivity contribution >= 4 is 66.2 Å². The van der Waals surface area contributed by atoms with Gasteiger partial charge in [-0.05, 0) is 204 Å². The molecule has 0 atom stereocenters. The number of fused-ring (bicyclic) bond motifs is 6. The standard InChI is InChI=1S/C12H15N.C11H14N2.2C10H13N3.C9H12N4.C8H10N4.C7H12N2/c1-9(2)13-7-6-11-8-10(3)4-5-12(11)13;1-8(2)13-5-4-10-6-9(3)7-12-11(10)13;1-7(2)13-10-9(6-12-13)4-8(3)5-11-10;1-7(2)13-5-4-9-6-11-8(3)12-10(9)13;1-6(2)13-5-11-8-4-10-7(3)12-9(8)13;1-6(2)12-8-7(4-11-12)3-9-5-10-8;1-6(2)9-5-4-7(3)8-9/h4-9H,1-3H3;4-8H,1-3H3;2*4-7H,1-3H3;4-6H,1-3H3;3-6H,1-2H3;4-6H,1-3H3. The van der Waals surface area contributed by atoms with Gasteiger partial charge in [-0.1, -0.05) is 11.6 Å². The quantitative estimate of drug-likeness (QED) is 0.147. The summed E-state index contributed by atoms with van der Waals surface area (Å²) in [6.45, 7) is 41.9. The Kier molecular flexibility index (Phi) is 21.9. The van der Waals surface area contributed by atoms with Crippen molar-refractivity contribution in [2.24, 2.45) is 0 Å². The second kappa shape index (κ2) is 29.2. The highest BCUT2D eigenvalue weighted by Crippen LogP contribution is 2.23. The molecule has 19 heteroatoms. The summed E-state index contributed by atoms with van der Waals surface area (Å²) in [6, 6.07) is 22.3. The SMILES string of the molecule is CC(C)n1ncc2cncnc21.Cc1ccc2c(ccn2C(C)C)c1.Cc1ccn(C(C)C)n1.Cc1cnc2c(ccn2C(C)C)c1.Cc1cnc2c(cnn2C(C)C)c1.Cc1ncc2ccn(C(C)C)c2n1.Cc1ncc2ncn(C(C)C)c2n1. The van der Waals surface area contributed by atoms with Crippen molar-refractivity contribution in [1.82, 2.24) is 92.5 Å². The number of pyridine rings is 2. The van der Waals surface area contributed by atoms with Crippen LogP contribution >= 0.6 is 0 Å². The molecule has 86 heavy (non-hydrogen) atoms. The van der Waals surface area contributed by atoms with Crippen LogP contribution in [0.3, 0.4) is 0 Å². The van der Waals surface area contributed by atoms with Gasteiger partial charge in [0, 0.05) is 114 Å². The molecule has 1 aromatic carbocycles. The predicted octanol–water partition coefficient (Wildman–Crippen LogP) is 16.0. The summed E-state index contributed by atoms with van der Waals surface area (Å²) in [6.07, 6.45) is 24.5. The molecule has 0 saturated heterocycles. The molecule has 0 bridgehead atoms. The lowest BCUT2D eigenvalue weighted by Crippen LogP contribution is -2.02. The monoisotopic (exact) mass is 1160 g/mol. The van der Waals surface area contributed by atoms with E-state index in [4.69, 9.17) is 0 Å². The van der Waals surface area contributed by atoms with Crippen LogP contribution < -0.4 is 0 Å². The Morgan fingerprint density at radius 3 is 1.45 bits per heavy atom. The van der Waals surface area contributed by atoms with Crippen molar-refractivity contribution in [3.63, 3.8) is 0 Å². The van der Waals surface area contributed by atoms with E-state index >= 15 is 0 Å². The lowest BCUT2D eigenvalue weighted by atomic mass is 10.2. The first-order valence-corrected chi connectivity index (χ1v) is 29.8. The van der Waals surface area contributed by atoms with Crippen LogP contribution in [0.2, 0.25) is 0 Å². The number of aryl methyl sites for hydroxylation is 6. The molecule has 0 N–H and O–H groups in total. The molecule has 13 aromatic rings. The summed E-state index contributed by atoms with van der Waals surface area (Å²) < 4.78 is 14.5. The molecule has 0 saturated carbocycles. The second-order valence-electron chi connectivity index (χ2n) is 23.6. The second-order valence-corrected chi connectivity index (χ2v) is 23.6. The van der Waals surface area contributed by atoms with Crippen molar-refractivity contribution in [3.8, 4) is 0 Å². The molecule has 12 heterocycles. The smallest absolute Gasteiger partial charge is 0.163 e. The van der Waals surface area contributed by atoms with E-state index < -0.39 is 0 Å². The fourth-order valence-electron chi connectivity index (χ4n) is 9.36. The van der Waals surface area contributed by atoms with E-state index in [0.717, 1.165) is 67.3 Å². The molecule has 13 rings (SSSR count). The maximum Gasteiger partial charge on any atom is 0.163 e. The number of nitrogens with zero attached hydrogens (tertiary/aromatic N) is 19. The number of rotatable bonds is 7. The van der Waals surface area contributed by atoms with Gasteiger partial charge in [0.25, 0.3) is 0 Å². The normalized spacial score (nSPS) is 11.3. The van der Waals surface area contributed by atoms with Crippen LogP contribution in [-0.2, 0) is 0 Å². The zero-order chi connectivity index (χ0) is 62.5. The fourth-order valence-corrected chi connectivity index (χ4v) is 9.36. The minimum absolute atomic E-state index is 0.345. The number of hydrogen-bond donors (Lipinski definition) is 0. The zero-order valence-corrected chi connectivity index (χ0v) is 54.2. The largest absolute Gasteiger partial charge is 0.345 e. The summed E-state index contributed by atoms with van der Waals surface area (Å²) >= 11 is 0. The van der Waals surface area contributed by atoms with E-state index in [2.05, 4.69) is 252 Å². The van der Waals surface area contributed by atoms with Crippen molar-refractivity contribution < 1.29 is 0 Å². The number of aromatic nitrogens is 19. The first kappa shape index (κ1) is 64.6. The van der Waals surface area contributed by atoms with E-state index in [1.54, 1.807) is 24.9 Å². The average molecular weight is 1160 g/mol. The van der Waals surface area contributed by atoms with E-state index in [1.807, 2.05) is 89.7 Å². The van der Waals surface area contributed by atoms with Crippen molar-refractivity contribution in [2.45, 2.75) is 181 Å². The van der Waals surface area contributed by atoms with Crippen LogP contribution in [0.15, 0.2) is 135 Å². The van der Waals surface area contributed by atoms with Crippen molar-refractivity contribution in [2.75, 3.05) is 0 Å². The molecule has 0 fully saturated rings. The molecule has 0 aliphatic rings. The molecule has 0 amide bonds. The lowest BCUT2D eigenvalue weighted by molar-refractivity contribution is 0.529. The van der Waals surface area contributed by atoms with Gasteiger partial charge in [0.2, 0.25) is 0 Å². The van der Waals surface area contributed by atoms with Gasteiger partial charge in [0.05, 0.1) is 36.0 Å². The highest BCUT2D eigenvalue weighted by molar-refractivity contribution is 5.81. The Labute approximate surface area is 506 Å². The van der Waals surface area contributed by atoms with Gasteiger partial charge in [0.15, 0.2) is 16.9 Å². The lowest BCUT2D eigenvalue weighted by Gasteiger charge is -2.08. The molecule has 0 aliphatic heterocycles. The Hall–Kier alpha value is -9.00.